The van der Waals surface area contributed by atoms with Gasteiger partial charge >= 0.3 is 0 Å². The molecule has 2 aromatic heterocycles. The maximum atomic E-state index is 11.9. The zero-order valence-corrected chi connectivity index (χ0v) is 13.5. The summed E-state index contributed by atoms with van der Waals surface area (Å²) in [5.41, 5.74) is 0.406. The topological polar surface area (TPSA) is 64.7 Å². The van der Waals surface area contributed by atoms with Gasteiger partial charge in [-0.15, -0.1) is 0 Å². The van der Waals surface area contributed by atoms with Crippen LogP contribution >= 0.6 is 31.9 Å². The number of amides is 1. The smallest absolute Gasteiger partial charge is 0.273 e. The second kappa shape index (κ2) is 6.33. The summed E-state index contributed by atoms with van der Waals surface area (Å²) in [6.45, 7) is 3.81. The number of carbonyl (C=O) groups excluding carboxylic acids is 1. The first-order valence-corrected chi connectivity index (χ1v) is 7.38. The zero-order chi connectivity index (χ0) is 13.8. The van der Waals surface area contributed by atoms with E-state index in [9.17, 15) is 4.79 Å². The Kier molecular flexibility index (Phi) is 4.76. The van der Waals surface area contributed by atoms with Gasteiger partial charge in [-0.2, -0.15) is 10.2 Å². The van der Waals surface area contributed by atoms with E-state index < -0.39 is 0 Å². The first-order chi connectivity index (χ1) is 9.10. The van der Waals surface area contributed by atoms with Crippen molar-refractivity contribution in [2.45, 2.75) is 20.0 Å². The summed E-state index contributed by atoms with van der Waals surface area (Å²) in [4.78, 5) is 11.9. The molecule has 2 rings (SSSR count). The quantitative estimate of drug-likeness (QED) is 0.849. The third-order valence-corrected chi connectivity index (χ3v) is 3.47. The van der Waals surface area contributed by atoms with Gasteiger partial charge in [0, 0.05) is 25.5 Å². The molecular weight excluding hydrogens is 378 g/mol. The molecule has 1 N–H and O–H groups in total. The van der Waals surface area contributed by atoms with Crippen molar-refractivity contribution in [3.8, 4) is 0 Å². The van der Waals surface area contributed by atoms with Gasteiger partial charge in [-0.25, -0.2) is 0 Å². The van der Waals surface area contributed by atoms with E-state index in [1.807, 2.05) is 13.1 Å². The van der Waals surface area contributed by atoms with Crippen molar-refractivity contribution in [1.82, 2.24) is 24.9 Å². The van der Waals surface area contributed by atoms with E-state index >= 15 is 0 Å². The van der Waals surface area contributed by atoms with Crippen LogP contribution in [-0.2, 0) is 13.1 Å². The Balaban J connectivity index is 1.88. The summed E-state index contributed by atoms with van der Waals surface area (Å²) >= 11 is 6.65. The van der Waals surface area contributed by atoms with Gasteiger partial charge in [0.25, 0.3) is 5.91 Å². The Labute approximate surface area is 127 Å². The maximum absolute atomic E-state index is 11.9. The van der Waals surface area contributed by atoms with Crippen molar-refractivity contribution in [2.75, 3.05) is 6.54 Å². The van der Waals surface area contributed by atoms with Crippen LogP contribution < -0.4 is 5.32 Å². The Morgan fingerprint density at radius 1 is 1.37 bits per heavy atom. The Morgan fingerprint density at radius 3 is 2.74 bits per heavy atom. The van der Waals surface area contributed by atoms with Crippen molar-refractivity contribution < 1.29 is 4.79 Å². The molecule has 0 aromatic carbocycles. The third-order valence-electron chi connectivity index (χ3n) is 2.48. The van der Waals surface area contributed by atoms with E-state index in [-0.39, 0.29) is 5.91 Å². The highest BCUT2D eigenvalue weighted by molar-refractivity contribution is 9.10. The molecule has 6 nitrogen and oxygen atoms in total. The highest BCUT2D eigenvalue weighted by Crippen LogP contribution is 2.14. The minimum atomic E-state index is -0.190. The monoisotopic (exact) mass is 389 g/mol. The lowest BCUT2D eigenvalue weighted by Crippen LogP contribution is -2.28. The zero-order valence-electron chi connectivity index (χ0n) is 10.3. The van der Waals surface area contributed by atoms with E-state index in [1.165, 1.54) is 0 Å². The maximum Gasteiger partial charge on any atom is 0.273 e. The molecule has 0 aliphatic rings. The third kappa shape index (κ3) is 3.66. The largest absolute Gasteiger partial charge is 0.349 e. The van der Waals surface area contributed by atoms with E-state index in [1.54, 1.807) is 21.8 Å². The number of aryl methyl sites for hydroxylation is 1. The molecule has 0 radical (unpaired) electrons. The van der Waals surface area contributed by atoms with Gasteiger partial charge in [0.15, 0.2) is 5.69 Å². The van der Waals surface area contributed by atoms with E-state index in [0.29, 0.717) is 23.3 Å². The number of hydrogen-bond donors (Lipinski definition) is 1. The number of nitrogens with one attached hydrogen (secondary N) is 1. The van der Waals surface area contributed by atoms with Crippen molar-refractivity contribution in [3.63, 3.8) is 0 Å². The summed E-state index contributed by atoms with van der Waals surface area (Å²) in [6.07, 6.45) is 5.36. The van der Waals surface area contributed by atoms with Gasteiger partial charge in [0.1, 0.15) is 0 Å². The van der Waals surface area contributed by atoms with Crippen LogP contribution in [0.2, 0.25) is 0 Å². The molecule has 0 unspecified atom stereocenters. The first kappa shape index (κ1) is 14.3. The second-order valence-corrected chi connectivity index (χ2v) is 5.63. The van der Waals surface area contributed by atoms with E-state index in [2.05, 4.69) is 47.4 Å². The van der Waals surface area contributed by atoms with Crippen molar-refractivity contribution in [1.29, 1.82) is 0 Å². The molecule has 1 amide bonds. The molecule has 2 aromatic rings. The number of rotatable bonds is 5. The lowest BCUT2D eigenvalue weighted by Gasteiger charge is -2.03. The molecule has 0 saturated heterocycles. The number of aromatic nitrogens is 4. The highest BCUT2D eigenvalue weighted by Gasteiger charge is 2.14. The molecule has 0 saturated carbocycles. The fraction of sp³-hybridized carbons (Fsp3) is 0.364. The Bertz CT molecular complexity index is 577. The van der Waals surface area contributed by atoms with Gasteiger partial charge in [-0.3, -0.25) is 14.2 Å². The normalized spacial score (nSPS) is 10.7. The molecule has 0 spiro atoms. The predicted molar refractivity (Wildman–Crippen MR) is 77.9 cm³/mol. The first-order valence-electron chi connectivity index (χ1n) is 5.79. The average Bonchev–Trinajstić information content (AvgIpc) is 2.95. The number of hydrogen-bond acceptors (Lipinski definition) is 3. The Morgan fingerprint density at radius 2 is 2.16 bits per heavy atom. The number of carbonyl (C=O) groups is 1. The summed E-state index contributed by atoms with van der Waals surface area (Å²) in [6, 6.07) is 0. The summed E-state index contributed by atoms with van der Waals surface area (Å²) < 4.78 is 5.09. The highest BCUT2D eigenvalue weighted by atomic mass is 79.9. The van der Waals surface area contributed by atoms with E-state index in [4.69, 9.17) is 0 Å². The predicted octanol–water partition coefficient (Wildman–Crippen LogP) is 2.05. The lowest BCUT2D eigenvalue weighted by molar-refractivity contribution is 0.0945. The summed E-state index contributed by atoms with van der Waals surface area (Å²) in [5, 5.41) is 11.1. The van der Waals surface area contributed by atoms with Crippen LogP contribution in [0.5, 0.6) is 0 Å². The SMILES string of the molecule is CCn1cc(Br)c(C(=O)NCCn2cc(Br)cn2)n1. The molecular formula is C11H13Br2N5O. The molecule has 2 heterocycles. The van der Waals surface area contributed by atoms with Gasteiger partial charge in [0.2, 0.25) is 0 Å². The van der Waals surface area contributed by atoms with Crippen LogP contribution in [0.15, 0.2) is 27.5 Å². The fourth-order valence-electron chi connectivity index (χ4n) is 1.54. The van der Waals surface area contributed by atoms with Crippen LogP contribution in [0.1, 0.15) is 17.4 Å². The molecule has 0 atom stereocenters. The van der Waals surface area contributed by atoms with Crippen LogP contribution in [0.3, 0.4) is 0 Å². The lowest BCUT2D eigenvalue weighted by atomic mass is 10.4. The number of nitrogens with zero attached hydrogens (tertiary/aromatic N) is 4. The molecule has 0 bridgehead atoms. The number of halogens is 2. The summed E-state index contributed by atoms with van der Waals surface area (Å²) in [5.74, 6) is -0.190. The molecule has 8 heteroatoms. The molecule has 102 valence electrons. The van der Waals surface area contributed by atoms with Gasteiger partial charge in [-0.05, 0) is 38.8 Å². The van der Waals surface area contributed by atoms with Crippen LogP contribution in [-0.4, -0.2) is 32.0 Å². The van der Waals surface area contributed by atoms with Gasteiger partial charge in [-0.1, -0.05) is 0 Å². The molecule has 19 heavy (non-hydrogen) atoms. The Hall–Kier alpha value is -1.15. The van der Waals surface area contributed by atoms with Gasteiger partial charge in [0.05, 0.1) is 21.7 Å². The molecule has 0 aliphatic carbocycles. The van der Waals surface area contributed by atoms with Crippen molar-refractivity contribution >= 4 is 37.8 Å². The minimum absolute atomic E-state index is 0.190. The van der Waals surface area contributed by atoms with Crippen LogP contribution in [0.4, 0.5) is 0 Å². The average molecular weight is 391 g/mol. The standard InChI is InChI=1S/C11H13Br2N5O/c1-2-17-7-9(13)10(16-17)11(19)14-3-4-18-6-8(12)5-15-18/h5-7H,2-4H2,1H3,(H,14,19). The molecule has 0 fully saturated rings. The van der Waals surface area contributed by atoms with Crippen LogP contribution in [0.25, 0.3) is 0 Å². The van der Waals surface area contributed by atoms with E-state index in [0.717, 1.165) is 11.0 Å². The minimum Gasteiger partial charge on any atom is -0.349 e. The van der Waals surface area contributed by atoms with Gasteiger partial charge < -0.3 is 5.32 Å². The fourth-order valence-corrected chi connectivity index (χ4v) is 2.36. The van der Waals surface area contributed by atoms with Crippen LogP contribution in [0, 0.1) is 0 Å². The van der Waals surface area contributed by atoms with Crippen molar-refractivity contribution in [2.24, 2.45) is 0 Å². The second-order valence-electron chi connectivity index (χ2n) is 3.86. The van der Waals surface area contributed by atoms with Crippen molar-refractivity contribution in [3.05, 3.63) is 33.2 Å². The summed E-state index contributed by atoms with van der Waals surface area (Å²) in [7, 11) is 0. The molecule has 0 aliphatic heterocycles.